The van der Waals surface area contributed by atoms with Crippen LogP contribution in [0.25, 0.3) is 11.0 Å². The number of ether oxygens (including phenoxy) is 1. The second-order valence-electron chi connectivity index (χ2n) is 4.43. The van der Waals surface area contributed by atoms with Crippen molar-refractivity contribution in [1.29, 1.82) is 0 Å². The number of anilines is 1. The van der Waals surface area contributed by atoms with Gasteiger partial charge in [-0.1, -0.05) is 0 Å². The van der Waals surface area contributed by atoms with Gasteiger partial charge in [0.05, 0.1) is 18.4 Å². The third kappa shape index (κ3) is 2.29. The van der Waals surface area contributed by atoms with Gasteiger partial charge in [0.25, 0.3) is 5.91 Å². The molecule has 3 aromatic rings. The summed E-state index contributed by atoms with van der Waals surface area (Å²) in [6.45, 7) is 1.87. The van der Waals surface area contributed by atoms with Crippen molar-refractivity contribution >= 4 is 22.9 Å². The van der Waals surface area contributed by atoms with Crippen molar-refractivity contribution in [3.8, 4) is 6.01 Å². The molecule has 0 unspecified atom stereocenters. The largest absolute Gasteiger partial charge is 0.466 e. The highest BCUT2D eigenvalue weighted by Gasteiger charge is 2.13. The molecule has 0 aromatic carbocycles. The minimum absolute atomic E-state index is 0.155. The molecule has 0 atom stereocenters. The number of hydrogen-bond acceptors (Lipinski definition) is 6. The lowest BCUT2D eigenvalue weighted by Crippen LogP contribution is -2.13. The number of carbonyl (C=O) groups excluding carboxylic acids is 1. The molecule has 0 saturated heterocycles. The topological polar surface area (TPSA) is 111 Å². The van der Waals surface area contributed by atoms with Gasteiger partial charge in [0.1, 0.15) is 0 Å². The number of aryl methyl sites for hydroxylation is 2. The van der Waals surface area contributed by atoms with Crippen LogP contribution in [-0.4, -0.2) is 43.0 Å². The van der Waals surface area contributed by atoms with E-state index in [1.807, 2.05) is 14.0 Å². The molecule has 0 aliphatic rings. The van der Waals surface area contributed by atoms with Gasteiger partial charge < -0.3 is 4.74 Å². The van der Waals surface area contributed by atoms with Crippen LogP contribution < -0.4 is 10.1 Å². The molecule has 2 N–H and O–H groups in total. The summed E-state index contributed by atoms with van der Waals surface area (Å²) < 4.78 is 6.50. The Morgan fingerprint density at radius 3 is 3.00 bits per heavy atom. The Morgan fingerprint density at radius 2 is 2.29 bits per heavy atom. The molecular formula is C12H13N7O2. The van der Waals surface area contributed by atoms with Crippen LogP contribution in [-0.2, 0) is 7.05 Å². The number of pyridine rings is 1. The Labute approximate surface area is 119 Å². The van der Waals surface area contributed by atoms with E-state index in [0.29, 0.717) is 5.56 Å². The van der Waals surface area contributed by atoms with E-state index < -0.39 is 0 Å². The summed E-state index contributed by atoms with van der Waals surface area (Å²) in [6, 6.07) is 1.90. The molecule has 3 rings (SSSR count). The molecule has 9 nitrogen and oxygen atoms in total. The van der Waals surface area contributed by atoms with Crippen LogP contribution in [0.4, 0.5) is 5.95 Å². The zero-order valence-corrected chi connectivity index (χ0v) is 11.7. The maximum atomic E-state index is 12.2. The van der Waals surface area contributed by atoms with E-state index in [4.69, 9.17) is 4.74 Å². The predicted molar refractivity (Wildman–Crippen MR) is 74.1 cm³/mol. The van der Waals surface area contributed by atoms with E-state index in [1.165, 1.54) is 13.3 Å². The maximum Gasteiger partial charge on any atom is 0.336 e. The number of rotatable bonds is 3. The minimum atomic E-state index is -0.341. The number of H-pyrrole nitrogens is 1. The number of aromatic amines is 1. The van der Waals surface area contributed by atoms with Gasteiger partial charge in [0.15, 0.2) is 5.65 Å². The summed E-state index contributed by atoms with van der Waals surface area (Å²) in [5.74, 6) is -0.133. The van der Waals surface area contributed by atoms with Crippen LogP contribution in [0.3, 0.4) is 0 Å². The molecule has 1 amide bonds. The molecule has 21 heavy (non-hydrogen) atoms. The average molecular weight is 287 g/mol. The smallest absolute Gasteiger partial charge is 0.336 e. The Morgan fingerprint density at radius 1 is 1.48 bits per heavy atom. The number of methoxy groups -OCH3 is 1. The summed E-state index contributed by atoms with van der Waals surface area (Å²) in [6.07, 6.45) is 1.49. The van der Waals surface area contributed by atoms with Crippen LogP contribution in [0.2, 0.25) is 0 Å². The fourth-order valence-electron chi connectivity index (χ4n) is 2.01. The third-order valence-electron chi connectivity index (χ3n) is 3.00. The SMILES string of the molecule is COc1n[nH]c(NC(=O)c2cnc3c(c2)c(C)nn3C)n1. The summed E-state index contributed by atoms with van der Waals surface area (Å²) in [5.41, 5.74) is 1.95. The number of nitrogens with one attached hydrogen (secondary N) is 2. The van der Waals surface area contributed by atoms with Crippen molar-refractivity contribution in [3.63, 3.8) is 0 Å². The molecule has 0 radical (unpaired) electrons. The molecule has 9 heteroatoms. The molecular weight excluding hydrogens is 274 g/mol. The normalized spacial score (nSPS) is 10.8. The third-order valence-corrected chi connectivity index (χ3v) is 3.00. The van der Waals surface area contributed by atoms with Crippen LogP contribution in [0, 0.1) is 6.92 Å². The lowest BCUT2D eigenvalue weighted by atomic mass is 10.2. The van der Waals surface area contributed by atoms with Crippen molar-refractivity contribution in [2.45, 2.75) is 6.92 Å². The Kier molecular flexibility index (Phi) is 3.01. The predicted octanol–water partition coefficient (Wildman–Crippen LogP) is 0.656. The van der Waals surface area contributed by atoms with Gasteiger partial charge in [0, 0.05) is 18.6 Å². The standard InChI is InChI=1S/C12H13N7O2/c1-6-8-4-7(5-13-9(8)19(2)18-6)10(20)14-11-15-12(21-3)17-16-11/h4-5H,1-3H3,(H2,14,15,16,17,20). The molecule has 108 valence electrons. The first-order valence-electron chi connectivity index (χ1n) is 6.15. The van der Waals surface area contributed by atoms with E-state index >= 15 is 0 Å². The highest BCUT2D eigenvalue weighted by molar-refractivity contribution is 6.04. The number of carbonyl (C=O) groups is 1. The second kappa shape index (κ2) is 4.85. The molecule has 0 bridgehead atoms. The molecule has 0 saturated carbocycles. The summed E-state index contributed by atoms with van der Waals surface area (Å²) in [4.78, 5) is 20.3. The summed E-state index contributed by atoms with van der Waals surface area (Å²) in [7, 11) is 3.25. The van der Waals surface area contributed by atoms with E-state index in [-0.39, 0.29) is 17.9 Å². The van der Waals surface area contributed by atoms with Gasteiger partial charge in [-0.15, -0.1) is 5.10 Å². The van der Waals surface area contributed by atoms with Crippen LogP contribution in [0.5, 0.6) is 6.01 Å². The highest BCUT2D eigenvalue weighted by atomic mass is 16.5. The number of fused-ring (bicyclic) bond motifs is 1. The zero-order chi connectivity index (χ0) is 15.0. The first-order chi connectivity index (χ1) is 10.1. The molecule has 3 heterocycles. The fraction of sp³-hybridized carbons (Fsp3) is 0.250. The molecule has 3 aromatic heterocycles. The van der Waals surface area contributed by atoms with Gasteiger partial charge in [-0.05, 0) is 13.0 Å². The van der Waals surface area contributed by atoms with E-state index in [2.05, 4.69) is 30.6 Å². The number of hydrogen-bond donors (Lipinski definition) is 2. The molecule has 0 spiro atoms. The fourth-order valence-corrected chi connectivity index (χ4v) is 2.01. The highest BCUT2D eigenvalue weighted by Crippen LogP contribution is 2.17. The monoisotopic (exact) mass is 287 g/mol. The summed E-state index contributed by atoms with van der Waals surface area (Å²) >= 11 is 0. The Balaban J connectivity index is 1.89. The second-order valence-corrected chi connectivity index (χ2v) is 4.43. The van der Waals surface area contributed by atoms with Crippen LogP contribution in [0.1, 0.15) is 16.1 Å². The number of aromatic nitrogens is 6. The minimum Gasteiger partial charge on any atom is -0.466 e. The van der Waals surface area contributed by atoms with Crippen molar-refractivity contribution in [2.24, 2.45) is 7.05 Å². The van der Waals surface area contributed by atoms with Gasteiger partial charge in [-0.2, -0.15) is 10.1 Å². The van der Waals surface area contributed by atoms with Gasteiger partial charge in [-0.3, -0.25) is 14.8 Å². The van der Waals surface area contributed by atoms with Crippen molar-refractivity contribution in [2.75, 3.05) is 12.4 Å². The lowest BCUT2D eigenvalue weighted by molar-refractivity contribution is 0.102. The van der Waals surface area contributed by atoms with Gasteiger partial charge >= 0.3 is 6.01 Å². The van der Waals surface area contributed by atoms with Crippen molar-refractivity contribution < 1.29 is 9.53 Å². The average Bonchev–Trinajstić information content (AvgIpc) is 3.04. The van der Waals surface area contributed by atoms with Crippen LogP contribution >= 0.6 is 0 Å². The van der Waals surface area contributed by atoms with Gasteiger partial charge in [-0.25, -0.2) is 10.1 Å². The summed E-state index contributed by atoms with van der Waals surface area (Å²) in [5, 5.41) is 14.0. The number of amides is 1. The zero-order valence-electron chi connectivity index (χ0n) is 11.7. The van der Waals surface area contributed by atoms with E-state index in [1.54, 1.807) is 10.7 Å². The van der Waals surface area contributed by atoms with Crippen molar-refractivity contribution in [3.05, 3.63) is 23.5 Å². The van der Waals surface area contributed by atoms with Gasteiger partial charge in [0.2, 0.25) is 5.95 Å². The first-order valence-corrected chi connectivity index (χ1v) is 6.15. The first kappa shape index (κ1) is 13.0. The Hall–Kier alpha value is -2.97. The van der Waals surface area contributed by atoms with E-state index in [0.717, 1.165) is 16.7 Å². The number of nitrogens with zero attached hydrogens (tertiary/aromatic N) is 5. The Bertz CT molecular complexity index is 820. The quantitative estimate of drug-likeness (QED) is 0.732. The molecule has 0 aliphatic carbocycles. The van der Waals surface area contributed by atoms with E-state index in [9.17, 15) is 4.79 Å². The lowest BCUT2D eigenvalue weighted by Gasteiger charge is -2.01. The van der Waals surface area contributed by atoms with Crippen molar-refractivity contribution in [1.82, 2.24) is 29.9 Å². The molecule has 0 fully saturated rings. The molecule has 0 aliphatic heterocycles. The maximum absolute atomic E-state index is 12.2. The van der Waals surface area contributed by atoms with Crippen LogP contribution in [0.15, 0.2) is 12.3 Å².